The molecule has 0 radical (unpaired) electrons. The Kier molecular flexibility index (Phi) is 3.96. The summed E-state index contributed by atoms with van der Waals surface area (Å²) in [6.07, 6.45) is 0.498. The van der Waals surface area contributed by atoms with Crippen molar-refractivity contribution >= 4 is 21.4 Å². The Labute approximate surface area is 89.8 Å². The molecule has 1 aromatic carbocycles. The quantitative estimate of drug-likeness (QED) is 0.748. The van der Waals surface area contributed by atoms with Crippen molar-refractivity contribution in [1.29, 1.82) is 0 Å². The summed E-state index contributed by atoms with van der Waals surface area (Å²) < 4.78 is 23.5. The second-order valence-corrected chi connectivity index (χ2v) is 5.58. The topological polar surface area (TPSA) is 34.1 Å². The van der Waals surface area contributed by atoms with Crippen molar-refractivity contribution in [1.82, 2.24) is 0 Å². The Bertz CT molecular complexity index is 398. The predicted molar refractivity (Wildman–Crippen MR) is 58.6 cm³/mol. The van der Waals surface area contributed by atoms with E-state index in [9.17, 15) is 8.42 Å². The van der Waals surface area contributed by atoms with Crippen LogP contribution in [0.15, 0.2) is 29.2 Å². The van der Waals surface area contributed by atoms with Gasteiger partial charge in [0.15, 0.2) is 9.84 Å². The number of aryl methyl sites for hydroxylation is 1. The van der Waals surface area contributed by atoms with Gasteiger partial charge >= 0.3 is 0 Å². The molecule has 0 spiro atoms. The maximum absolute atomic E-state index is 11.8. The van der Waals surface area contributed by atoms with Crippen molar-refractivity contribution < 1.29 is 8.42 Å². The van der Waals surface area contributed by atoms with Crippen LogP contribution in [0.4, 0.5) is 0 Å². The molecular weight excluding hydrogens is 220 g/mol. The van der Waals surface area contributed by atoms with E-state index in [1.54, 1.807) is 25.1 Å². The lowest BCUT2D eigenvalue weighted by Gasteiger charge is -2.05. The van der Waals surface area contributed by atoms with Crippen LogP contribution in [0, 0.1) is 6.92 Å². The molecular formula is C10H13ClO2S. The maximum atomic E-state index is 11.8. The van der Waals surface area contributed by atoms with E-state index in [1.807, 2.05) is 6.07 Å². The first-order chi connectivity index (χ1) is 6.58. The van der Waals surface area contributed by atoms with Gasteiger partial charge < -0.3 is 0 Å². The third-order valence-corrected chi connectivity index (χ3v) is 4.20. The number of hydrogen-bond donors (Lipinski definition) is 0. The fourth-order valence-corrected chi connectivity index (χ4v) is 3.14. The molecule has 0 atom stereocenters. The molecule has 0 aromatic heterocycles. The lowest BCUT2D eigenvalue weighted by atomic mass is 10.2. The SMILES string of the molecule is Cc1ccccc1S(=O)(=O)CCCCl. The number of halogens is 1. The maximum Gasteiger partial charge on any atom is 0.178 e. The van der Waals surface area contributed by atoms with Gasteiger partial charge in [-0.3, -0.25) is 0 Å². The van der Waals surface area contributed by atoms with Crippen LogP contribution in [-0.2, 0) is 9.84 Å². The van der Waals surface area contributed by atoms with Gasteiger partial charge in [-0.05, 0) is 25.0 Å². The standard InChI is InChI=1S/C10H13ClO2S/c1-9-5-2-3-6-10(9)14(12,13)8-4-7-11/h2-3,5-6H,4,7-8H2,1H3. The molecule has 78 valence electrons. The molecule has 0 amide bonds. The van der Waals surface area contributed by atoms with Crippen LogP contribution in [0.25, 0.3) is 0 Å². The van der Waals surface area contributed by atoms with Crippen molar-refractivity contribution in [3.05, 3.63) is 29.8 Å². The van der Waals surface area contributed by atoms with Crippen molar-refractivity contribution in [3.8, 4) is 0 Å². The Morgan fingerprint density at radius 3 is 2.50 bits per heavy atom. The molecule has 0 saturated carbocycles. The third kappa shape index (κ3) is 2.72. The average molecular weight is 233 g/mol. The van der Waals surface area contributed by atoms with Gasteiger partial charge in [0.05, 0.1) is 10.6 Å². The molecule has 2 nitrogen and oxygen atoms in total. The van der Waals surface area contributed by atoms with E-state index >= 15 is 0 Å². The van der Waals surface area contributed by atoms with Crippen LogP contribution in [0.3, 0.4) is 0 Å². The Hall–Kier alpha value is -0.540. The zero-order valence-corrected chi connectivity index (χ0v) is 9.61. The van der Waals surface area contributed by atoms with Gasteiger partial charge in [-0.25, -0.2) is 8.42 Å². The van der Waals surface area contributed by atoms with Gasteiger partial charge in [0.1, 0.15) is 0 Å². The van der Waals surface area contributed by atoms with Crippen LogP contribution in [0.2, 0.25) is 0 Å². The zero-order valence-electron chi connectivity index (χ0n) is 8.03. The second kappa shape index (κ2) is 4.80. The van der Waals surface area contributed by atoms with E-state index in [0.717, 1.165) is 5.56 Å². The fraction of sp³-hybridized carbons (Fsp3) is 0.400. The van der Waals surface area contributed by atoms with Crippen LogP contribution >= 0.6 is 11.6 Å². The Morgan fingerprint density at radius 2 is 1.93 bits per heavy atom. The van der Waals surface area contributed by atoms with Crippen molar-refractivity contribution in [3.63, 3.8) is 0 Å². The molecule has 0 heterocycles. The lowest BCUT2D eigenvalue weighted by molar-refractivity contribution is 0.594. The summed E-state index contributed by atoms with van der Waals surface area (Å²) in [7, 11) is -3.14. The Balaban J connectivity index is 2.99. The fourth-order valence-electron chi connectivity index (χ4n) is 1.26. The number of sulfone groups is 1. The molecule has 0 aliphatic carbocycles. The predicted octanol–water partition coefficient (Wildman–Crippen LogP) is 2.40. The van der Waals surface area contributed by atoms with Gasteiger partial charge in [0.2, 0.25) is 0 Å². The highest BCUT2D eigenvalue weighted by Gasteiger charge is 2.15. The first-order valence-electron chi connectivity index (χ1n) is 4.42. The van der Waals surface area contributed by atoms with E-state index in [4.69, 9.17) is 11.6 Å². The lowest BCUT2D eigenvalue weighted by Crippen LogP contribution is -2.08. The largest absolute Gasteiger partial charge is 0.224 e. The molecule has 14 heavy (non-hydrogen) atoms. The van der Waals surface area contributed by atoms with E-state index in [0.29, 0.717) is 17.2 Å². The van der Waals surface area contributed by atoms with E-state index in [1.165, 1.54) is 0 Å². The summed E-state index contributed by atoms with van der Waals surface area (Å²) >= 11 is 5.47. The molecule has 1 aromatic rings. The van der Waals surface area contributed by atoms with Gasteiger partial charge in [-0.15, -0.1) is 11.6 Å². The zero-order chi connectivity index (χ0) is 10.6. The molecule has 0 aliphatic heterocycles. The van der Waals surface area contributed by atoms with Crippen LogP contribution in [0.5, 0.6) is 0 Å². The minimum atomic E-state index is -3.14. The van der Waals surface area contributed by atoms with E-state index < -0.39 is 9.84 Å². The number of hydrogen-bond acceptors (Lipinski definition) is 2. The molecule has 0 fully saturated rings. The number of rotatable bonds is 4. The van der Waals surface area contributed by atoms with E-state index in [2.05, 4.69) is 0 Å². The first kappa shape index (κ1) is 11.5. The summed E-state index contributed by atoms with van der Waals surface area (Å²) in [6, 6.07) is 7.00. The van der Waals surface area contributed by atoms with Gasteiger partial charge in [0.25, 0.3) is 0 Å². The monoisotopic (exact) mass is 232 g/mol. The minimum absolute atomic E-state index is 0.126. The molecule has 0 unspecified atom stereocenters. The normalized spacial score (nSPS) is 11.6. The summed E-state index contributed by atoms with van der Waals surface area (Å²) in [4.78, 5) is 0.421. The molecule has 1 rings (SSSR count). The minimum Gasteiger partial charge on any atom is -0.224 e. The highest BCUT2D eigenvalue weighted by molar-refractivity contribution is 7.91. The molecule has 0 bridgehead atoms. The highest BCUT2D eigenvalue weighted by Crippen LogP contribution is 2.16. The number of alkyl halides is 1. The summed E-state index contributed by atoms with van der Waals surface area (Å²) in [5.74, 6) is 0.506. The molecule has 0 N–H and O–H groups in total. The van der Waals surface area contributed by atoms with Crippen molar-refractivity contribution in [2.45, 2.75) is 18.2 Å². The van der Waals surface area contributed by atoms with E-state index in [-0.39, 0.29) is 5.75 Å². The van der Waals surface area contributed by atoms with Crippen molar-refractivity contribution in [2.24, 2.45) is 0 Å². The van der Waals surface area contributed by atoms with Gasteiger partial charge in [0, 0.05) is 5.88 Å². The van der Waals surface area contributed by atoms with Crippen LogP contribution in [-0.4, -0.2) is 20.1 Å². The first-order valence-corrected chi connectivity index (χ1v) is 6.61. The van der Waals surface area contributed by atoms with Crippen LogP contribution < -0.4 is 0 Å². The second-order valence-electron chi connectivity index (χ2n) is 3.13. The average Bonchev–Trinajstić information content (AvgIpc) is 2.15. The third-order valence-electron chi connectivity index (χ3n) is 1.98. The Morgan fingerprint density at radius 1 is 1.29 bits per heavy atom. The molecule has 4 heteroatoms. The van der Waals surface area contributed by atoms with Gasteiger partial charge in [-0.2, -0.15) is 0 Å². The van der Waals surface area contributed by atoms with Crippen molar-refractivity contribution in [2.75, 3.05) is 11.6 Å². The van der Waals surface area contributed by atoms with Gasteiger partial charge in [-0.1, -0.05) is 18.2 Å². The molecule has 0 saturated heterocycles. The highest BCUT2D eigenvalue weighted by atomic mass is 35.5. The number of benzene rings is 1. The smallest absolute Gasteiger partial charge is 0.178 e. The van der Waals surface area contributed by atoms with Crippen LogP contribution in [0.1, 0.15) is 12.0 Å². The summed E-state index contributed by atoms with van der Waals surface area (Å²) in [5.41, 5.74) is 0.794. The molecule has 0 aliphatic rings. The summed E-state index contributed by atoms with van der Waals surface area (Å²) in [6.45, 7) is 1.80. The summed E-state index contributed by atoms with van der Waals surface area (Å²) in [5, 5.41) is 0.